The van der Waals surface area contributed by atoms with Gasteiger partial charge in [0.1, 0.15) is 6.33 Å². The van der Waals surface area contributed by atoms with Crippen molar-refractivity contribution in [3.8, 4) is 5.69 Å². The summed E-state index contributed by atoms with van der Waals surface area (Å²) in [6.45, 7) is 2.79. The minimum Gasteiger partial charge on any atom is -0.326 e. The summed E-state index contributed by atoms with van der Waals surface area (Å²) >= 11 is 0. The topological polar surface area (TPSA) is 148 Å². The Kier molecular flexibility index (Phi) is 6.18. The number of rotatable bonds is 7. The van der Waals surface area contributed by atoms with E-state index in [4.69, 9.17) is 0 Å². The predicted octanol–water partition coefficient (Wildman–Crippen LogP) is 0.926. The Hall–Kier alpha value is -3.64. The molecule has 3 N–H and O–H groups in total. The molecule has 0 aliphatic carbocycles. The smallest absolute Gasteiger partial charge is 0.242 e. The summed E-state index contributed by atoms with van der Waals surface area (Å²) in [5, 5.41) is 16.1. The zero-order valence-electron chi connectivity index (χ0n) is 16.1. The van der Waals surface area contributed by atoms with Crippen molar-refractivity contribution in [2.24, 2.45) is 0 Å². The molecule has 3 aromatic rings. The molecule has 0 saturated heterocycles. The maximum Gasteiger partial charge on any atom is 0.242 e. The number of nitrogens with zero attached hydrogens (tertiary/aromatic N) is 4. The van der Waals surface area contributed by atoms with E-state index >= 15 is 0 Å². The second-order valence-corrected chi connectivity index (χ2v) is 8.06. The second kappa shape index (κ2) is 8.80. The summed E-state index contributed by atoms with van der Waals surface area (Å²) in [5.41, 5.74) is 1.55. The first-order valence-electron chi connectivity index (χ1n) is 8.79. The third-order valence-corrected chi connectivity index (χ3v) is 5.49. The van der Waals surface area contributed by atoms with Crippen LogP contribution in [-0.2, 0) is 19.6 Å². The number of nitrogens with one attached hydrogen (secondary N) is 3. The summed E-state index contributed by atoms with van der Waals surface area (Å²) < 4.78 is 28.8. The number of hydrogen-bond acceptors (Lipinski definition) is 7. The van der Waals surface area contributed by atoms with Gasteiger partial charge in [-0.1, -0.05) is 6.07 Å². The van der Waals surface area contributed by atoms with Crippen LogP contribution in [0, 0.1) is 0 Å². The van der Waals surface area contributed by atoms with Gasteiger partial charge >= 0.3 is 0 Å². The van der Waals surface area contributed by atoms with Gasteiger partial charge in [0, 0.05) is 18.3 Å². The van der Waals surface area contributed by atoms with Crippen molar-refractivity contribution in [2.75, 3.05) is 10.6 Å². The van der Waals surface area contributed by atoms with E-state index in [2.05, 4.69) is 30.9 Å². The van der Waals surface area contributed by atoms with Gasteiger partial charge in [0.25, 0.3) is 0 Å². The normalized spacial score (nSPS) is 12.2. The fourth-order valence-electron chi connectivity index (χ4n) is 2.53. The Morgan fingerprint density at radius 3 is 2.40 bits per heavy atom. The van der Waals surface area contributed by atoms with Crippen LogP contribution in [0.2, 0.25) is 0 Å². The molecule has 11 nitrogen and oxygen atoms in total. The fraction of sp³-hybridized carbons (Fsp3) is 0.167. The largest absolute Gasteiger partial charge is 0.326 e. The lowest BCUT2D eigenvalue weighted by atomic mass is 10.2. The number of aromatic nitrogens is 4. The van der Waals surface area contributed by atoms with E-state index in [0.717, 1.165) is 0 Å². The van der Waals surface area contributed by atoms with E-state index in [9.17, 15) is 18.0 Å². The van der Waals surface area contributed by atoms with Crippen molar-refractivity contribution >= 4 is 33.2 Å². The molecule has 0 radical (unpaired) electrons. The number of anilines is 2. The highest BCUT2D eigenvalue weighted by Crippen LogP contribution is 2.16. The highest BCUT2D eigenvalue weighted by atomic mass is 32.2. The third kappa shape index (κ3) is 5.24. The first-order chi connectivity index (χ1) is 14.2. The molecule has 0 spiro atoms. The summed E-state index contributed by atoms with van der Waals surface area (Å²) in [6, 6.07) is 11.3. The fourth-order valence-corrected chi connectivity index (χ4v) is 3.73. The Morgan fingerprint density at radius 2 is 1.77 bits per heavy atom. The quantitative estimate of drug-likeness (QED) is 0.506. The molecule has 2 aromatic carbocycles. The Balaban J connectivity index is 1.66. The SMILES string of the molecule is CC(=O)Nc1ccc(S(=O)(=O)N[C@@H](C)C(=O)Nc2cccc(-n3cnnn3)c2)cc1. The van der Waals surface area contributed by atoms with Crippen molar-refractivity contribution in [3.63, 3.8) is 0 Å². The maximum absolute atomic E-state index is 12.5. The van der Waals surface area contributed by atoms with Gasteiger partial charge in [0.2, 0.25) is 21.8 Å². The molecule has 0 bridgehead atoms. The first-order valence-corrected chi connectivity index (χ1v) is 10.3. The summed E-state index contributed by atoms with van der Waals surface area (Å²) in [4.78, 5) is 23.5. The number of carbonyl (C=O) groups is 2. The van der Waals surface area contributed by atoms with Crippen LogP contribution in [0.3, 0.4) is 0 Å². The monoisotopic (exact) mass is 429 g/mol. The lowest BCUT2D eigenvalue weighted by Crippen LogP contribution is -2.41. The number of amides is 2. The second-order valence-electron chi connectivity index (χ2n) is 6.34. The molecule has 156 valence electrons. The zero-order chi connectivity index (χ0) is 21.7. The standard InChI is InChI=1S/C18H19N7O4S/c1-12(22-30(28,29)17-8-6-14(7-9-17)20-13(2)26)18(27)21-15-4-3-5-16(10-15)25-11-19-23-24-25/h3-12,22H,1-2H3,(H,20,26)(H,21,27)/t12-/m0/s1. The third-order valence-electron chi connectivity index (χ3n) is 3.94. The van der Waals surface area contributed by atoms with Gasteiger partial charge in [0.05, 0.1) is 16.6 Å². The number of benzene rings is 2. The molecule has 0 saturated carbocycles. The average Bonchev–Trinajstić information content (AvgIpc) is 3.22. The van der Waals surface area contributed by atoms with E-state index in [1.807, 2.05) is 0 Å². The van der Waals surface area contributed by atoms with Crippen LogP contribution in [0.4, 0.5) is 11.4 Å². The Morgan fingerprint density at radius 1 is 1.03 bits per heavy atom. The van der Waals surface area contributed by atoms with Crippen molar-refractivity contribution < 1.29 is 18.0 Å². The van der Waals surface area contributed by atoms with Gasteiger partial charge < -0.3 is 10.6 Å². The molecule has 12 heteroatoms. The van der Waals surface area contributed by atoms with Crippen LogP contribution in [0.1, 0.15) is 13.8 Å². The molecule has 0 unspecified atom stereocenters. The van der Waals surface area contributed by atoms with Gasteiger partial charge in [0.15, 0.2) is 0 Å². The van der Waals surface area contributed by atoms with Crippen molar-refractivity contribution in [3.05, 3.63) is 54.9 Å². The van der Waals surface area contributed by atoms with Crippen LogP contribution < -0.4 is 15.4 Å². The lowest BCUT2D eigenvalue weighted by molar-refractivity contribution is -0.117. The predicted molar refractivity (Wildman–Crippen MR) is 108 cm³/mol. The minimum absolute atomic E-state index is 0.0306. The molecule has 1 heterocycles. The highest BCUT2D eigenvalue weighted by molar-refractivity contribution is 7.89. The van der Waals surface area contributed by atoms with E-state index in [0.29, 0.717) is 17.1 Å². The molecule has 30 heavy (non-hydrogen) atoms. The molecule has 1 atom stereocenters. The van der Waals surface area contributed by atoms with Gasteiger partial charge in [-0.3, -0.25) is 9.59 Å². The van der Waals surface area contributed by atoms with Gasteiger partial charge in [-0.15, -0.1) is 5.10 Å². The van der Waals surface area contributed by atoms with Crippen LogP contribution in [0.25, 0.3) is 5.69 Å². The number of tetrazole rings is 1. The summed E-state index contributed by atoms with van der Waals surface area (Å²) in [6.07, 6.45) is 1.41. The van der Waals surface area contributed by atoms with Crippen LogP contribution >= 0.6 is 0 Å². The lowest BCUT2D eigenvalue weighted by Gasteiger charge is -2.15. The van der Waals surface area contributed by atoms with Crippen LogP contribution in [0.5, 0.6) is 0 Å². The van der Waals surface area contributed by atoms with E-state index in [1.54, 1.807) is 24.3 Å². The maximum atomic E-state index is 12.5. The van der Waals surface area contributed by atoms with Crippen molar-refractivity contribution in [1.82, 2.24) is 24.9 Å². The summed E-state index contributed by atoms with van der Waals surface area (Å²) in [5.74, 6) is -0.805. The number of sulfonamides is 1. The van der Waals surface area contributed by atoms with E-state index in [1.165, 1.54) is 49.1 Å². The Labute approximate surface area is 172 Å². The Bertz CT molecular complexity index is 1150. The average molecular weight is 429 g/mol. The molecule has 1 aromatic heterocycles. The summed E-state index contributed by atoms with van der Waals surface area (Å²) in [7, 11) is -3.94. The highest BCUT2D eigenvalue weighted by Gasteiger charge is 2.22. The molecule has 2 amide bonds. The van der Waals surface area contributed by atoms with Gasteiger partial charge in [-0.05, 0) is 59.8 Å². The van der Waals surface area contributed by atoms with E-state index in [-0.39, 0.29) is 10.8 Å². The van der Waals surface area contributed by atoms with Gasteiger partial charge in [-0.2, -0.15) is 4.72 Å². The van der Waals surface area contributed by atoms with Gasteiger partial charge in [-0.25, -0.2) is 13.1 Å². The molecule has 3 rings (SSSR count). The zero-order valence-corrected chi connectivity index (χ0v) is 16.9. The first kappa shape index (κ1) is 21.1. The molecule has 0 aliphatic rings. The van der Waals surface area contributed by atoms with Crippen molar-refractivity contribution in [2.45, 2.75) is 24.8 Å². The van der Waals surface area contributed by atoms with Crippen LogP contribution in [-0.4, -0.2) is 46.5 Å². The molecule has 0 fully saturated rings. The van der Waals surface area contributed by atoms with Crippen molar-refractivity contribution in [1.29, 1.82) is 0 Å². The molecular weight excluding hydrogens is 410 g/mol. The van der Waals surface area contributed by atoms with E-state index < -0.39 is 22.0 Å². The number of hydrogen-bond donors (Lipinski definition) is 3. The minimum atomic E-state index is -3.94. The molecule has 0 aliphatic heterocycles. The van der Waals surface area contributed by atoms with Crippen LogP contribution in [0.15, 0.2) is 59.8 Å². The molecular formula is C18H19N7O4S. The number of carbonyl (C=O) groups excluding carboxylic acids is 2.